The number of pyridine rings is 1. The highest BCUT2D eigenvalue weighted by Gasteiger charge is 2.11. The van der Waals surface area contributed by atoms with Gasteiger partial charge in [0.1, 0.15) is 5.82 Å². The molecule has 7 heteroatoms. The van der Waals surface area contributed by atoms with Gasteiger partial charge in [0.05, 0.1) is 19.5 Å². The van der Waals surface area contributed by atoms with Crippen molar-refractivity contribution in [2.45, 2.75) is 25.9 Å². The number of imidazole rings is 1. The van der Waals surface area contributed by atoms with Gasteiger partial charge in [-0.3, -0.25) is 4.98 Å². The average Bonchev–Trinajstić information content (AvgIpc) is 3.19. The molecular formula is C15H18N6O. The summed E-state index contributed by atoms with van der Waals surface area (Å²) < 4.78 is 3.82. The van der Waals surface area contributed by atoms with Gasteiger partial charge in [-0.15, -0.1) is 0 Å². The van der Waals surface area contributed by atoms with Gasteiger partial charge in [-0.25, -0.2) is 14.6 Å². The van der Waals surface area contributed by atoms with E-state index in [1.807, 2.05) is 22.9 Å². The molecule has 0 spiro atoms. The van der Waals surface area contributed by atoms with Crippen molar-refractivity contribution in [1.29, 1.82) is 0 Å². The minimum absolute atomic E-state index is 0.0493. The Bertz CT molecular complexity index is 692. The minimum Gasteiger partial charge on any atom is -0.394 e. The number of hydrogen-bond acceptors (Lipinski definition) is 5. The summed E-state index contributed by atoms with van der Waals surface area (Å²) in [5.41, 5.74) is 0.933. The lowest BCUT2D eigenvalue weighted by molar-refractivity contribution is 0.267. The standard InChI is InChI=1S/C15H18N6O/c22-11-10-21-14(2-1-8-20-9-7-17-12-20)18-15(19-21)13-3-5-16-6-4-13/h3-7,9,12,22H,1-2,8,10-11H2. The molecule has 0 aliphatic heterocycles. The number of aromatic nitrogens is 6. The summed E-state index contributed by atoms with van der Waals surface area (Å²) >= 11 is 0. The number of rotatable bonds is 7. The number of aliphatic hydroxyl groups excluding tert-OH is 1. The van der Waals surface area contributed by atoms with Crippen molar-refractivity contribution >= 4 is 0 Å². The zero-order valence-electron chi connectivity index (χ0n) is 12.2. The van der Waals surface area contributed by atoms with Crippen molar-refractivity contribution in [3.63, 3.8) is 0 Å². The molecule has 3 aromatic rings. The van der Waals surface area contributed by atoms with Gasteiger partial charge in [-0.1, -0.05) is 0 Å². The molecule has 0 bridgehead atoms. The zero-order valence-corrected chi connectivity index (χ0v) is 12.2. The first-order valence-electron chi connectivity index (χ1n) is 7.27. The smallest absolute Gasteiger partial charge is 0.181 e. The summed E-state index contributed by atoms with van der Waals surface area (Å²) in [6.07, 6.45) is 10.7. The molecule has 0 aliphatic carbocycles. The van der Waals surface area contributed by atoms with Crippen LogP contribution >= 0.6 is 0 Å². The second kappa shape index (κ2) is 6.95. The van der Waals surface area contributed by atoms with Gasteiger partial charge in [0, 0.05) is 43.3 Å². The van der Waals surface area contributed by atoms with E-state index in [-0.39, 0.29) is 6.61 Å². The fraction of sp³-hybridized carbons (Fsp3) is 0.333. The van der Waals surface area contributed by atoms with Crippen molar-refractivity contribution in [3.8, 4) is 11.4 Å². The van der Waals surface area contributed by atoms with Crippen LogP contribution in [0, 0.1) is 0 Å². The topological polar surface area (TPSA) is 81.6 Å². The summed E-state index contributed by atoms with van der Waals surface area (Å²) in [5.74, 6) is 1.56. The van der Waals surface area contributed by atoms with Crippen LogP contribution in [-0.2, 0) is 19.5 Å². The predicted molar refractivity (Wildman–Crippen MR) is 80.9 cm³/mol. The highest BCUT2D eigenvalue weighted by molar-refractivity contribution is 5.53. The lowest BCUT2D eigenvalue weighted by Crippen LogP contribution is -2.09. The molecule has 0 amide bonds. The first kappa shape index (κ1) is 14.4. The summed E-state index contributed by atoms with van der Waals surface area (Å²) in [5, 5.41) is 13.7. The molecule has 3 rings (SSSR count). The zero-order chi connectivity index (χ0) is 15.2. The van der Waals surface area contributed by atoms with E-state index in [0.717, 1.165) is 30.8 Å². The van der Waals surface area contributed by atoms with Crippen LogP contribution in [-0.4, -0.2) is 41.0 Å². The van der Waals surface area contributed by atoms with Crippen LogP contribution in [0.15, 0.2) is 43.2 Å². The molecule has 114 valence electrons. The Morgan fingerprint density at radius 2 is 1.91 bits per heavy atom. The van der Waals surface area contributed by atoms with Gasteiger partial charge in [0.15, 0.2) is 5.82 Å². The number of aryl methyl sites for hydroxylation is 2. The molecule has 3 heterocycles. The van der Waals surface area contributed by atoms with E-state index < -0.39 is 0 Å². The fourth-order valence-electron chi connectivity index (χ4n) is 2.30. The van der Waals surface area contributed by atoms with Crippen LogP contribution < -0.4 is 0 Å². The van der Waals surface area contributed by atoms with E-state index in [1.165, 1.54) is 0 Å². The molecule has 1 N–H and O–H groups in total. The number of aliphatic hydroxyl groups is 1. The van der Waals surface area contributed by atoms with Crippen LogP contribution in [0.4, 0.5) is 0 Å². The average molecular weight is 298 g/mol. The Balaban J connectivity index is 1.72. The third-order valence-corrected chi connectivity index (χ3v) is 3.37. The maximum absolute atomic E-state index is 9.19. The third-order valence-electron chi connectivity index (χ3n) is 3.37. The number of nitrogens with zero attached hydrogens (tertiary/aromatic N) is 6. The quantitative estimate of drug-likeness (QED) is 0.708. The third kappa shape index (κ3) is 3.37. The van der Waals surface area contributed by atoms with Gasteiger partial charge >= 0.3 is 0 Å². The van der Waals surface area contributed by atoms with E-state index in [2.05, 4.69) is 20.1 Å². The summed E-state index contributed by atoms with van der Waals surface area (Å²) in [4.78, 5) is 12.6. The van der Waals surface area contributed by atoms with Crippen LogP contribution in [0.1, 0.15) is 12.2 Å². The fourth-order valence-corrected chi connectivity index (χ4v) is 2.30. The molecule has 0 aliphatic rings. The SMILES string of the molecule is OCCn1nc(-c2ccncc2)nc1CCCn1ccnc1. The summed E-state index contributed by atoms with van der Waals surface area (Å²) in [6, 6.07) is 3.77. The van der Waals surface area contributed by atoms with E-state index in [4.69, 9.17) is 0 Å². The molecule has 0 fully saturated rings. The molecule has 7 nitrogen and oxygen atoms in total. The van der Waals surface area contributed by atoms with Gasteiger partial charge in [-0.05, 0) is 18.6 Å². The van der Waals surface area contributed by atoms with Crippen molar-refractivity contribution in [3.05, 3.63) is 49.1 Å². The molecule has 0 saturated carbocycles. The maximum atomic E-state index is 9.19. The predicted octanol–water partition coefficient (Wildman–Crippen LogP) is 1.16. The van der Waals surface area contributed by atoms with Crippen LogP contribution in [0.2, 0.25) is 0 Å². The Morgan fingerprint density at radius 1 is 1.05 bits per heavy atom. The maximum Gasteiger partial charge on any atom is 0.181 e. The monoisotopic (exact) mass is 298 g/mol. The Labute approximate surface area is 128 Å². The van der Waals surface area contributed by atoms with E-state index in [0.29, 0.717) is 12.4 Å². The second-order valence-corrected chi connectivity index (χ2v) is 4.94. The molecule has 0 saturated heterocycles. The van der Waals surface area contributed by atoms with Gasteiger partial charge in [0.25, 0.3) is 0 Å². The Kier molecular flexibility index (Phi) is 4.55. The molecule has 22 heavy (non-hydrogen) atoms. The normalized spacial score (nSPS) is 11.0. The molecular weight excluding hydrogens is 280 g/mol. The van der Waals surface area contributed by atoms with E-state index in [1.54, 1.807) is 29.6 Å². The highest BCUT2D eigenvalue weighted by Crippen LogP contribution is 2.15. The Morgan fingerprint density at radius 3 is 2.64 bits per heavy atom. The van der Waals surface area contributed by atoms with Crippen LogP contribution in [0.5, 0.6) is 0 Å². The van der Waals surface area contributed by atoms with Gasteiger partial charge in [0.2, 0.25) is 0 Å². The van der Waals surface area contributed by atoms with Crippen molar-refractivity contribution in [1.82, 2.24) is 29.3 Å². The first-order chi connectivity index (χ1) is 10.9. The summed E-state index contributed by atoms with van der Waals surface area (Å²) in [6.45, 7) is 1.39. The van der Waals surface area contributed by atoms with Crippen molar-refractivity contribution < 1.29 is 5.11 Å². The van der Waals surface area contributed by atoms with Crippen LogP contribution in [0.3, 0.4) is 0 Å². The Hall–Kier alpha value is -2.54. The lowest BCUT2D eigenvalue weighted by Gasteiger charge is -2.04. The van der Waals surface area contributed by atoms with Crippen molar-refractivity contribution in [2.75, 3.05) is 6.61 Å². The molecule has 0 atom stereocenters. The highest BCUT2D eigenvalue weighted by atomic mass is 16.3. The van der Waals surface area contributed by atoms with Gasteiger partial charge in [-0.2, -0.15) is 5.10 Å². The summed E-state index contributed by atoms with van der Waals surface area (Å²) in [7, 11) is 0. The van der Waals surface area contributed by atoms with Crippen molar-refractivity contribution in [2.24, 2.45) is 0 Å². The van der Waals surface area contributed by atoms with Crippen LogP contribution in [0.25, 0.3) is 11.4 Å². The van der Waals surface area contributed by atoms with E-state index >= 15 is 0 Å². The number of hydrogen-bond donors (Lipinski definition) is 1. The van der Waals surface area contributed by atoms with E-state index in [9.17, 15) is 5.11 Å². The largest absolute Gasteiger partial charge is 0.394 e. The van der Waals surface area contributed by atoms with Gasteiger partial charge < -0.3 is 9.67 Å². The molecule has 0 aromatic carbocycles. The minimum atomic E-state index is 0.0493. The molecule has 0 unspecified atom stereocenters. The molecule has 3 aromatic heterocycles. The first-order valence-corrected chi connectivity index (χ1v) is 7.27. The molecule has 0 radical (unpaired) electrons. The second-order valence-electron chi connectivity index (χ2n) is 4.94. The lowest BCUT2D eigenvalue weighted by atomic mass is 10.2.